The van der Waals surface area contributed by atoms with Crippen molar-refractivity contribution < 1.29 is 9.90 Å². The zero-order chi connectivity index (χ0) is 21.0. The van der Waals surface area contributed by atoms with Gasteiger partial charge in [-0.05, 0) is 68.1 Å². The number of hydrogen-bond donors (Lipinski definition) is 4. The van der Waals surface area contributed by atoms with Gasteiger partial charge in [0.1, 0.15) is 5.65 Å². The summed E-state index contributed by atoms with van der Waals surface area (Å²) in [6, 6.07) is 7.92. The molecular weight excluding hydrogens is 390 g/mol. The molecule has 4 bridgehead atoms. The average Bonchev–Trinajstić information content (AvgIpc) is 3.23. The molecule has 3 heterocycles. The Morgan fingerprint density at radius 1 is 1.16 bits per heavy atom. The van der Waals surface area contributed by atoms with Crippen LogP contribution in [0, 0.1) is 17.8 Å². The van der Waals surface area contributed by atoms with E-state index in [0.717, 1.165) is 41.7 Å². The van der Waals surface area contributed by atoms with Gasteiger partial charge in [-0.3, -0.25) is 9.78 Å². The Balaban J connectivity index is 1.30. The Morgan fingerprint density at radius 3 is 2.74 bits per heavy atom. The summed E-state index contributed by atoms with van der Waals surface area (Å²) in [5.41, 5.74) is 2.51. The van der Waals surface area contributed by atoms with Crippen molar-refractivity contribution in [2.45, 2.75) is 50.3 Å². The maximum absolute atomic E-state index is 13.1. The van der Waals surface area contributed by atoms with Crippen molar-refractivity contribution in [2.75, 3.05) is 5.32 Å². The van der Waals surface area contributed by atoms with Crippen LogP contribution in [-0.2, 0) is 6.54 Å². The Morgan fingerprint density at radius 2 is 2.00 bits per heavy atom. The summed E-state index contributed by atoms with van der Waals surface area (Å²) in [6.45, 7) is 0.369. The zero-order valence-corrected chi connectivity index (χ0v) is 17.3. The van der Waals surface area contributed by atoms with Gasteiger partial charge in [-0.25, -0.2) is 4.98 Å². The molecule has 0 radical (unpaired) electrons. The maximum atomic E-state index is 13.1. The molecule has 7 nitrogen and oxygen atoms in total. The third-order valence-corrected chi connectivity index (χ3v) is 7.54. The molecule has 31 heavy (non-hydrogen) atoms. The van der Waals surface area contributed by atoms with Gasteiger partial charge in [-0.1, -0.05) is 6.07 Å². The number of aromatic nitrogens is 3. The molecule has 4 aliphatic carbocycles. The van der Waals surface area contributed by atoms with Crippen LogP contribution >= 0.6 is 0 Å². The predicted molar refractivity (Wildman–Crippen MR) is 117 cm³/mol. The summed E-state index contributed by atoms with van der Waals surface area (Å²) < 4.78 is 0. The van der Waals surface area contributed by atoms with Gasteiger partial charge in [0.2, 0.25) is 0 Å². The number of fused-ring (bicyclic) bond motifs is 1. The Bertz CT molecular complexity index is 1110. The minimum atomic E-state index is -0.473. The number of hydrogen-bond acceptors (Lipinski definition) is 5. The fourth-order valence-electron chi connectivity index (χ4n) is 6.49. The monoisotopic (exact) mass is 417 g/mol. The van der Waals surface area contributed by atoms with Crippen LogP contribution in [-0.4, -0.2) is 37.6 Å². The summed E-state index contributed by atoms with van der Waals surface area (Å²) in [7, 11) is 0. The van der Waals surface area contributed by atoms with E-state index in [-0.39, 0.29) is 11.9 Å². The van der Waals surface area contributed by atoms with E-state index < -0.39 is 5.60 Å². The smallest absolute Gasteiger partial charge is 0.255 e. The molecule has 4 aliphatic rings. The lowest BCUT2D eigenvalue weighted by Crippen LogP contribution is -2.59. The molecule has 1 amide bonds. The number of nitrogens with zero attached hydrogens (tertiary/aromatic N) is 2. The molecule has 4 saturated carbocycles. The number of nitrogens with one attached hydrogen (secondary N) is 3. The van der Waals surface area contributed by atoms with Gasteiger partial charge in [0, 0.05) is 30.0 Å². The Hall–Kier alpha value is -2.93. The first-order chi connectivity index (χ1) is 15.1. The molecule has 3 aromatic heterocycles. The third-order valence-electron chi connectivity index (χ3n) is 7.54. The number of rotatable bonds is 5. The number of aromatic amines is 1. The lowest BCUT2D eigenvalue weighted by atomic mass is 9.52. The standard InChI is InChI=1S/C24H27N5O2/c30-23(28-12-17-3-1-2-5-25-17)19-13-27-22-18(4-6-26-22)21(19)29-20-15-7-14-8-16(20)11-24(31,9-14)10-15/h1-6,13-16,20,31H,7-12H2,(H,28,30)(H2,26,27,29)/t14?,15-,16+,20?,24?. The lowest BCUT2D eigenvalue weighted by Gasteiger charge is -2.58. The van der Waals surface area contributed by atoms with Crippen molar-refractivity contribution in [3.05, 3.63) is 54.1 Å². The first-order valence-electron chi connectivity index (χ1n) is 11.2. The summed E-state index contributed by atoms with van der Waals surface area (Å²) in [5.74, 6) is 1.38. The maximum Gasteiger partial charge on any atom is 0.255 e. The van der Waals surface area contributed by atoms with Gasteiger partial charge in [-0.2, -0.15) is 0 Å². The van der Waals surface area contributed by atoms with Crippen molar-refractivity contribution >= 4 is 22.6 Å². The van der Waals surface area contributed by atoms with Crippen LogP contribution in [0.5, 0.6) is 0 Å². The normalized spacial score (nSPS) is 31.1. The first-order valence-corrected chi connectivity index (χ1v) is 11.2. The molecule has 0 aromatic carbocycles. The summed E-state index contributed by atoms with van der Waals surface area (Å²) in [5, 5.41) is 18.6. The molecule has 0 saturated heterocycles. The Labute approximate surface area is 180 Å². The quantitative estimate of drug-likeness (QED) is 0.510. The van der Waals surface area contributed by atoms with E-state index in [1.807, 2.05) is 30.5 Å². The molecule has 0 aliphatic heterocycles. The van der Waals surface area contributed by atoms with Gasteiger partial charge in [0.15, 0.2) is 0 Å². The molecule has 7 rings (SSSR count). The molecule has 4 N–H and O–H groups in total. The largest absolute Gasteiger partial charge is 0.390 e. The van der Waals surface area contributed by atoms with Crippen molar-refractivity contribution in [2.24, 2.45) is 17.8 Å². The topological polar surface area (TPSA) is 103 Å². The second-order valence-electron chi connectivity index (χ2n) is 9.66. The van der Waals surface area contributed by atoms with Crippen LogP contribution in [0.15, 0.2) is 42.9 Å². The highest BCUT2D eigenvalue weighted by atomic mass is 16.3. The van der Waals surface area contributed by atoms with E-state index in [1.54, 1.807) is 12.4 Å². The minimum absolute atomic E-state index is 0.161. The third kappa shape index (κ3) is 3.28. The minimum Gasteiger partial charge on any atom is -0.390 e. The van der Waals surface area contributed by atoms with Crippen LogP contribution < -0.4 is 10.6 Å². The van der Waals surface area contributed by atoms with Gasteiger partial charge in [0.05, 0.1) is 29.1 Å². The van der Waals surface area contributed by atoms with Gasteiger partial charge in [-0.15, -0.1) is 0 Å². The molecular formula is C24H27N5O2. The molecule has 5 atom stereocenters. The number of amides is 1. The van der Waals surface area contributed by atoms with Crippen molar-refractivity contribution in [3.8, 4) is 0 Å². The van der Waals surface area contributed by atoms with Crippen molar-refractivity contribution in [1.82, 2.24) is 20.3 Å². The second-order valence-corrected chi connectivity index (χ2v) is 9.66. The molecule has 3 aromatic rings. The van der Waals surface area contributed by atoms with Gasteiger partial charge >= 0.3 is 0 Å². The summed E-state index contributed by atoms with van der Waals surface area (Å²) in [4.78, 5) is 25.0. The summed E-state index contributed by atoms with van der Waals surface area (Å²) >= 11 is 0. The highest BCUT2D eigenvalue weighted by Gasteiger charge is 2.54. The number of aliphatic hydroxyl groups is 1. The number of pyridine rings is 2. The molecule has 3 unspecified atom stereocenters. The van der Waals surface area contributed by atoms with E-state index in [9.17, 15) is 9.90 Å². The van der Waals surface area contributed by atoms with E-state index in [1.165, 1.54) is 12.8 Å². The number of carbonyl (C=O) groups excluding carboxylic acids is 1. The van der Waals surface area contributed by atoms with Crippen LogP contribution in [0.2, 0.25) is 0 Å². The molecule has 0 spiro atoms. The highest BCUT2D eigenvalue weighted by molar-refractivity contribution is 6.06. The average molecular weight is 418 g/mol. The number of H-pyrrole nitrogens is 1. The zero-order valence-electron chi connectivity index (χ0n) is 17.3. The first kappa shape index (κ1) is 18.8. The SMILES string of the molecule is O=C(NCc1ccccn1)c1cnc2[nH]ccc2c1NC1[C@@H]2CC3C[C@H]1CC(O)(C3)C2. The van der Waals surface area contributed by atoms with E-state index in [2.05, 4.69) is 25.6 Å². The Kier molecular flexibility index (Phi) is 4.28. The highest BCUT2D eigenvalue weighted by Crippen LogP contribution is 2.56. The van der Waals surface area contributed by atoms with E-state index in [0.29, 0.717) is 29.9 Å². The second kappa shape index (κ2) is 7.05. The van der Waals surface area contributed by atoms with E-state index in [4.69, 9.17) is 0 Å². The van der Waals surface area contributed by atoms with Crippen LogP contribution in [0.4, 0.5) is 5.69 Å². The lowest BCUT2D eigenvalue weighted by molar-refractivity contribution is -0.129. The molecule has 7 heteroatoms. The predicted octanol–water partition coefficient (Wildman–Crippen LogP) is 3.24. The number of carbonyl (C=O) groups is 1. The fourth-order valence-corrected chi connectivity index (χ4v) is 6.49. The fraction of sp³-hybridized carbons (Fsp3) is 0.458. The van der Waals surface area contributed by atoms with Crippen LogP contribution in [0.1, 0.15) is 48.2 Å². The van der Waals surface area contributed by atoms with Crippen molar-refractivity contribution in [1.29, 1.82) is 0 Å². The molecule has 160 valence electrons. The van der Waals surface area contributed by atoms with Gasteiger partial charge < -0.3 is 20.7 Å². The van der Waals surface area contributed by atoms with Crippen LogP contribution in [0.25, 0.3) is 11.0 Å². The summed E-state index contributed by atoms with van der Waals surface area (Å²) in [6.07, 6.45) is 10.3. The van der Waals surface area contributed by atoms with Crippen LogP contribution in [0.3, 0.4) is 0 Å². The van der Waals surface area contributed by atoms with Crippen molar-refractivity contribution in [3.63, 3.8) is 0 Å². The number of anilines is 1. The van der Waals surface area contributed by atoms with Gasteiger partial charge in [0.25, 0.3) is 5.91 Å². The molecule has 4 fully saturated rings. The van der Waals surface area contributed by atoms with E-state index >= 15 is 0 Å².